The van der Waals surface area contributed by atoms with Crippen molar-refractivity contribution in [3.05, 3.63) is 29.3 Å². The van der Waals surface area contributed by atoms with E-state index in [1.54, 1.807) is 0 Å². The quantitative estimate of drug-likeness (QED) is 0.811. The first kappa shape index (κ1) is 10.2. The van der Waals surface area contributed by atoms with E-state index in [1.165, 1.54) is 36.1 Å². The molecular formula is C14H20N2. The van der Waals surface area contributed by atoms with Gasteiger partial charge in [-0.25, -0.2) is 0 Å². The van der Waals surface area contributed by atoms with Crippen LogP contribution in [0, 0.1) is 5.92 Å². The van der Waals surface area contributed by atoms with Crippen molar-refractivity contribution >= 4 is 5.69 Å². The van der Waals surface area contributed by atoms with Crippen LogP contribution in [0.15, 0.2) is 18.2 Å². The molecule has 1 aliphatic carbocycles. The van der Waals surface area contributed by atoms with Gasteiger partial charge in [-0.2, -0.15) is 0 Å². The lowest BCUT2D eigenvalue weighted by Crippen LogP contribution is -2.39. The van der Waals surface area contributed by atoms with E-state index in [9.17, 15) is 0 Å². The molecule has 1 fully saturated rings. The van der Waals surface area contributed by atoms with Gasteiger partial charge in [0.25, 0.3) is 0 Å². The Morgan fingerprint density at radius 2 is 2.25 bits per heavy atom. The van der Waals surface area contributed by atoms with Crippen LogP contribution in [-0.4, -0.2) is 12.6 Å². The smallest absolute Gasteiger partial charge is 0.0376 e. The highest BCUT2D eigenvalue weighted by Crippen LogP contribution is 2.27. The normalized spacial score (nSPS) is 27.1. The molecule has 2 heteroatoms. The zero-order chi connectivity index (χ0) is 11.0. The zero-order valence-electron chi connectivity index (χ0n) is 9.92. The second-order valence-electron chi connectivity index (χ2n) is 5.32. The molecule has 0 aromatic heterocycles. The fourth-order valence-corrected chi connectivity index (χ4v) is 2.78. The minimum atomic E-state index is 0.760. The van der Waals surface area contributed by atoms with Crippen molar-refractivity contribution in [2.45, 2.75) is 38.8 Å². The first-order valence-electron chi connectivity index (χ1n) is 6.40. The molecule has 0 unspecified atom stereocenters. The number of hydrogen-bond acceptors (Lipinski definition) is 2. The van der Waals surface area contributed by atoms with Crippen LogP contribution in [0.1, 0.15) is 30.9 Å². The van der Waals surface area contributed by atoms with E-state index >= 15 is 0 Å². The van der Waals surface area contributed by atoms with Crippen molar-refractivity contribution in [1.29, 1.82) is 0 Å². The van der Waals surface area contributed by atoms with Crippen LogP contribution in [0.3, 0.4) is 0 Å². The highest BCUT2D eigenvalue weighted by Gasteiger charge is 2.24. The molecule has 2 nitrogen and oxygen atoms in total. The van der Waals surface area contributed by atoms with Crippen molar-refractivity contribution in [2.24, 2.45) is 5.92 Å². The van der Waals surface area contributed by atoms with Crippen LogP contribution in [0.2, 0.25) is 0 Å². The molecule has 1 heterocycles. The van der Waals surface area contributed by atoms with Gasteiger partial charge in [0.2, 0.25) is 0 Å². The van der Waals surface area contributed by atoms with Gasteiger partial charge in [0.1, 0.15) is 0 Å². The third-order valence-electron chi connectivity index (χ3n) is 3.85. The number of nitrogens with one attached hydrogen (secondary N) is 2. The van der Waals surface area contributed by atoms with Gasteiger partial charge in [-0.3, -0.25) is 0 Å². The molecule has 1 saturated carbocycles. The number of anilines is 1. The van der Waals surface area contributed by atoms with Gasteiger partial charge in [0.05, 0.1) is 0 Å². The Balaban J connectivity index is 1.58. The maximum atomic E-state index is 3.63. The minimum absolute atomic E-state index is 0.760. The van der Waals surface area contributed by atoms with E-state index in [2.05, 4.69) is 35.8 Å². The average molecular weight is 216 g/mol. The van der Waals surface area contributed by atoms with Gasteiger partial charge in [-0.05, 0) is 42.4 Å². The maximum Gasteiger partial charge on any atom is 0.0376 e. The predicted octanol–water partition coefficient (Wildman–Crippen LogP) is 2.54. The summed E-state index contributed by atoms with van der Waals surface area (Å²) in [5, 5.41) is 7.06. The summed E-state index contributed by atoms with van der Waals surface area (Å²) in [5.74, 6) is 0.930. The van der Waals surface area contributed by atoms with Gasteiger partial charge in [-0.1, -0.05) is 19.1 Å². The molecule has 86 valence electrons. The highest BCUT2D eigenvalue weighted by molar-refractivity contribution is 5.56. The third-order valence-corrected chi connectivity index (χ3v) is 3.85. The molecule has 0 radical (unpaired) electrons. The number of rotatable bonds is 3. The SMILES string of the molecule is CC1CC(NCc2ccc3c(c2)NCC3)C1. The number of fused-ring (bicyclic) bond motifs is 1. The molecule has 0 bridgehead atoms. The molecule has 0 spiro atoms. The topological polar surface area (TPSA) is 24.1 Å². The third kappa shape index (κ3) is 1.94. The summed E-state index contributed by atoms with van der Waals surface area (Å²) in [4.78, 5) is 0. The van der Waals surface area contributed by atoms with Crippen LogP contribution >= 0.6 is 0 Å². The summed E-state index contributed by atoms with van der Waals surface area (Å²) in [7, 11) is 0. The van der Waals surface area contributed by atoms with Crippen LogP contribution in [0.25, 0.3) is 0 Å². The summed E-state index contributed by atoms with van der Waals surface area (Å²) in [6.07, 6.45) is 3.88. The van der Waals surface area contributed by atoms with E-state index in [1.807, 2.05) is 0 Å². The van der Waals surface area contributed by atoms with E-state index in [0.29, 0.717) is 0 Å². The van der Waals surface area contributed by atoms with Gasteiger partial charge >= 0.3 is 0 Å². The van der Waals surface area contributed by atoms with E-state index in [4.69, 9.17) is 0 Å². The molecule has 0 atom stereocenters. The lowest BCUT2D eigenvalue weighted by Gasteiger charge is -2.33. The Bertz CT molecular complexity index is 380. The Morgan fingerprint density at radius 3 is 3.06 bits per heavy atom. The van der Waals surface area contributed by atoms with Gasteiger partial charge in [0, 0.05) is 24.8 Å². The van der Waals surface area contributed by atoms with Gasteiger partial charge < -0.3 is 10.6 Å². The number of hydrogen-bond donors (Lipinski definition) is 2. The fraction of sp³-hybridized carbons (Fsp3) is 0.571. The summed E-state index contributed by atoms with van der Waals surface area (Å²) in [5.41, 5.74) is 4.23. The molecule has 2 aliphatic rings. The predicted molar refractivity (Wildman–Crippen MR) is 67.7 cm³/mol. The molecule has 0 saturated heterocycles. The van der Waals surface area contributed by atoms with Crippen molar-refractivity contribution in [2.75, 3.05) is 11.9 Å². The first-order valence-corrected chi connectivity index (χ1v) is 6.40. The van der Waals surface area contributed by atoms with Gasteiger partial charge in [0.15, 0.2) is 0 Å². The largest absolute Gasteiger partial charge is 0.384 e. The van der Waals surface area contributed by atoms with Crippen molar-refractivity contribution in [3.8, 4) is 0 Å². The van der Waals surface area contributed by atoms with Gasteiger partial charge in [-0.15, -0.1) is 0 Å². The van der Waals surface area contributed by atoms with Crippen molar-refractivity contribution in [1.82, 2.24) is 5.32 Å². The van der Waals surface area contributed by atoms with Crippen LogP contribution < -0.4 is 10.6 Å². The second-order valence-corrected chi connectivity index (χ2v) is 5.32. The average Bonchev–Trinajstić information content (AvgIpc) is 2.69. The van der Waals surface area contributed by atoms with E-state index in [-0.39, 0.29) is 0 Å². The monoisotopic (exact) mass is 216 g/mol. The molecular weight excluding hydrogens is 196 g/mol. The molecule has 16 heavy (non-hydrogen) atoms. The Labute approximate surface area is 97.4 Å². The Hall–Kier alpha value is -1.02. The zero-order valence-corrected chi connectivity index (χ0v) is 9.92. The molecule has 2 N–H and O–H groups in total. The maximum absolute atomic E-state index is 3.63. The van der Waals surface area contributed by atoms with Crippen LogP contribution in [0.5, 0.6) is 0 Å². The van der Waals surface area contributed by atoms with Crippen molar-refractivity contribution < 1.29 is 0 Å². The lowest BCUT2D eigenvalue weighted by molar-refractivity contribution is 0.240. The molecule has 1 aromatic carbocycles. The minimum Gasteiger partial charge on any atom is -0.384 e. The summed E-state index contributed by atoms with van der Waals surface area (Å²) < 4.78 is 0. The fourth-order valence-electron chi connectivity index (χ4n) is 2.78. The summed E-state index contributed by atoms with van der Waals surface area (Å²) in [6, 6.07) is 7.60. The Morgan fingerprint density at radius 1 is 1.38 bits per heavy atom. The second kappa shape index (κ2) is 4.10. The van der Waals surface area contributed by atoms with Crippen molar-refractivity contribution in [3.63, 3.8) is 0 Å². The molecule has 0 amide bonds. The Kier molecular flexibility index (Phi) is 2.60. The van der Waals surface area contributed by atoms with Crippen LogP contribution in [-0.2, 0) is 13.0 Å². The molecule has 3 rings (SSSR count). The summed E-state index contributed by atoms with van der Waals surface area (Å²) >= 11 is 0. The number of benzene rings is 1. The molecule has 1 aromatic rings. The highest BCUT2D eigenvalue weighted by atomic mass is 14.9. The standard InChI is InChI=1S/C14H20N2/c1-10-6-13(7-10)16-9-11-2-3-12-4-5-15-14(12)8-11/h2-3,8,10,13,15-16H,4-7,9H2,1H3. The molecule has 1 aliphatic heterocycles. The lowest BCUT2D eigenvalue weighted by atomic mass is 9.82. The first-order chi connectivity index (χ1) is 7.81. The van der Waals surface area contributed by atoms with Crippen LogP contribution in [0.4, 0.5) is 5.69 Å². The van der Waals surface area contributed by atoms with E-state index < -0.39 is 0 Å². The summed E-state index contributed by atoms with van der Waals surface area (Å²) in [6.45, 7) is 4.45. The van der Waals surface area contributed by atoms with E-state index in [0.717, 1.165) is 25.0 Å².